The number of Topliss-reactive ketones (excluding diaryl/α,β-unsaturated/α-hetero) is 1. The van der Waals surface area contributed by atoms with E-state index >= 15 is 0 Å². The number of imide groups is 1. The molecule has 2 aromatic carbocycles. The summed E-state index contributed by atoms with van der Waals surface area (Å²) in [6.07, 6.45) is 0.395. The highest BCUT2D eigenvalue weighted by molar-refractivity contribution is 6.11. The van der Waals surface area contributed by atoms with E-state index in [1.807, 2.05) is 13.8 Å². The van der Waals surface area contributed by atoms with Crippen molar-refractivity contribution < 1.29 is 28.7 Å². The maximum Gasteiger partial charge on any atom is 0.325 e. The van der Waals surface area contributed by atoms with Crippen LogP contribution in [0.25, 0.3) is 0 Å². The van der Waals surface area contributed by atoms with Gasteiger partial charge in [0.25, 0.3) is 5.91 Å². The molecule has 9 heteroatoms. The van der Waals surface area contributed by atoms with Crippen LogP contribution in [0.2, 0.25) is 0 Å². The Morgan fingerprint density at radius 2 is 1.68 bits per heavy atom. The minimum absolute atomic E-state index is 0.108. The molecule has 1 aliphatic heterocycles. The lowest BCUT2D eigenvalue weighted by atomic mass is 9.91. The van der Waals surface area contributed by atoms with Gasteiger partial charge in [0.2, 0.25) is 5.91 Å². The second-order valence-corrected chi connectivity index (χ2v) is 8.66. The molecular weight excluding hydrogens is 438 g/mol. The van der Waals surface area contributed by atoms with E-state index in [9.17, 15) is 19.2 Å². The molecule has 2 aromatic rings. The molecule has 0 spiro atoms. The van der Waals surface area contributed by atoms with Crippen molar-refractivity contribution in [3.05, 3.63) is 53.6 Å². The summed E-state index contributed by atoms with van der Waals surface area (Å²) in [5.41, 5.74) is 0.0295. The van der Waals surface area contributed by atoms with Crippen molar-refractivity contribution in [1.29, 1.82) is 0 Å². The molecule has 1 heterocycles. The van der Waals surface area contributed by atoms with Crippen molar-refractivity contribution in [3.8, 4) is 11.5 Å². The first-order chi connectivity index (χ1) is 16.1. The summed E-state index contributed by atoms with van der Waals surface area (Å²) in [4.78, 5) is 51.4. The van der Waals surface area contributed by atoms with Crippen LogP contribution >= 0.6 is 0 Å². The van der Waals surface area contributed by atoms with E-state index in [1.165, 1.54) is 14.2 Å². The molecular formula is C25H29N3O6. The number of rotatable bonds is 9. The SMILES string of the molecule is COc1ccc(C2(C)NC(=O)N(CC(=O)c3ccc(NC(=O)CC(C)C)cc3)C2=O)cc1OC. The van der Waals surface area contributed by atoms with Gasteiger partial charge in [-0.3, -0.25) is 19.3 Å². The predicted octanol–water partition coefficient (Wildman–Crippen LogP) is 3.34. The molecule has 180 valence electrons. The smallest absolute Gasteiger partial charge is 0.325 e. The number of nitrogens with one attached hydrogen (secondary N) is 2. The number of nitrogens with zero attached hydrogens (tertiary/aromatic N) is 1. The maximum atomic E-state index is 13.2. The molecule has 0 aliphatic carbocycles. The van der Waals surface area contributed by atoms with Crippen LogP contribution in [-0.4, -0.2) is 49.3 Å². The van der Waals surface area contributed by atoms with Gasteiger partial charge >= 0.3 is 6.03 Å². The second kappa shape index (κ2) is 9.94. The van der Waals surface area contributed by atoms with Gasteiger partial charge in [0.05, 0.1) is 20.8 Å². The Morgan fingerprint density at radius 3 is 2.26 bits per heavy atom. The van der Waals surface area contributed by atoms with Crippen molar-refractivity contribution in [1.82, 2.24) is 10.2 Å². The molecule has 1 fully saturated rings. The minimum Gasteiger partial charge on any atom is -0.493 e. The second-order valence-electron chi connectivity index (χ2n) is 8.66. The topological polar surface area (TPSA) is 114 Å². The fraction of sp³-hybridized carbons (Fsp3) is 0.360. The van der Waals surface area contributed by atoms with Crippen molar-refractivity contribution in [2.75, 3.05) is 26.1 Å². The molecule has 4 amide bonds. The highest BCUT2D eigenvalue weighted by Gasteiger charge is 2.49. The zero-order valence-electron chi connectivity index (χ0n) is 19.9. The monoisotopic (exact) mass is 467 g/mol. The average molecular weight is 468 g/mol. The van der Waals surface area contributed by atoms with E-state index in [1.54, 1.807) is 49.4 Å². The van der Waals surface area contributed by atoms with Crippen LogP contribution < -0.4 is 20.1 Å². The minimum atomic E-state index is -1.36. The zero-order chi connectivity index (χ0) is 25.0. The van der Waals surface area contributed by atoms with Crippen molar-refractivity contribution in [2.45, 2.75) is 32.7 Å². The molecule has 1 unspecified atom stereocenters. The third kappa shape index (κ3) is 5.03. The number of carbonyl (C=O) groups is 4. The number of carbonyl (C=O) groups excluding carboxylic acids is 4. The third-order valence-corrected chi connectivity index (χ3v) is 5.62. The summed E-state index contributed by atoms with van der Waals surface area (Å²) in [7, 11) is 2.98. The Balaban J connectivity index is 1.73. The standard InChI is InChI=1S/C25H29N3O6/c1-15(2)12-22(30)26-18-9-6-16(7-10-18)19(29)14-28-23(31)25(3,27-24(28)32)17-8-11-20(33-4)21(13-17)34-5/h6-11,13,15H,12,14H2,1-5H3,(H,26,30)(H,27,32). The number of benzene rings is 2. The number of hydrogen-bond acceptors (Lipinski definition) is 6. The summed E-state index contributed by atoms with van der Waals surface area (Å²) < 4.78 is 10.5. The molecule has 1 aliphatic rings. The molecule has 1 saturated heterocycles. The van der Waals surface area contributed by atoms with Crippen LogP contribution in [-0.2, 0) is 15.1 Å². The fourth-order valence-corrected chi connectivity index (χ4v) is 3.74. The molecule has 2 N–H and O–H groups in total. The largest absolute Gasteiger partial charge is 0.493 e. The summed E-state index contributed by atoms with van der Waals surface area (Å²) in [5, 5.41) is 5.45. The van der Waals surface area contributed by atoms with Crippen molar-refractivity contribution in [2.24, 2.45) is 5.92 Å². The molecule has 0 saturated carbocycles. The quantitative estimate of drug-likeness (QED) is 0.432. The van der Waals surface area contributed by atoms with Gasteiger partial charge in [-0.05, 0) is 54.8 Å². The van der Waals surface area contributed by atoms with Gasteiger partial charge in [-0.15, -0.1) is 0 Å². The van der Waals surface area contributed by atoms with Gasteiger partial charge in [0.1, 0.15) is 5.54 Å². The van der Waals surface area contributed by atoms with Crippen LogP contribution in [0.4, 0.5) is 10.5 Å². The van der Waals surface area contributed by atoms with E-state index in [0.717, 1.165) is 4.90 Å². The maximum absolute atomic E-state index is 13.2. The molecule has 0 aromatic heterocycles. The van der Waals surface area contributed by atoms with Gasteiger partial charge < -0.3 is 20.1 Å². The molecule has 3 rings (SSSR count). The van der Waals surface area contributed by atoms with Gasteiger partial charge in [0.15, 0.2) is 17.3 Å². The molecule has 1 atom stereocenters. The van der Waals surface area contributed by atoms with E-state index in [-0.39, 0.29) is 11.8 Å². The average Bonchev–Trinajstić information content (AvgIpc) is 3.02. The van der Waals surface area contributed by atoms with E-state index in [4.69, 9.17) is 9.47 Å². The molecule has 0 radical (unpaired) electrons. The van der Waals surface area contributed by atoms with Gasteiger partial charge in [-0.2, -0.15) is 0 Å². The lowest BCUT2D eigenvalue weighted by Crippen LogP contribution is -2.41. The number of urea groups is 1. The number of methoxy groups -OCH3 is 2. The van der Waals surface area contributed by atoms with E-state index < -0.39 is 29.8 Å². The highest BCUT2D eigenvalue weighted by atomic mass is 16.5. The Kier molecular flexibility index (Phi) is 7.24. The first-order valence-electron chi connectivity index (χ1n) is 10.9. The van der Waals surface area contributed by atoms with Gasteiger partial charge in [-0.25, -0.2) is 4.79 Å². The summed E-state index contributed by atoms with van der Waals surface area (Å²) in [5.74, 6) is 0.0779. The van der Waals surface area contributed by atoms with Crippen LogP contribution in [0.3, 0.4) is 0 Å². The number of hydrogen-bond donors (Lipinski definition) is 2. The first-order valence-corrected chi connectivity index (χ1v) is 10.9. The van der Waals surface area contributed by atoms with Crippen molar-refractivity contribution in [3.63, 3.8) is 0 Å². The lowest BCUT2D eigenvalue weighted by Gasteiger charge is -2.23. The molecule has 0 bridgehead atoms. The van der Waals surface area contributed by atoms with Crippen LogP contribution in [0.5, 0.6) is 11.5 Å². The molecule has 34 heavy (non-hydrogen) atoms. The van der Waals surface area contributed by atoms with Crippen LogP contribution in [0.15, 0.2) is 42.5 Å². The van der Waals surface area contributed by atoms with Gasteiger partial charge in [-0.1, -0.05) is 19.9 Å². The number of anilines is 1. The van der Waals surface area contributed by atoms with E-state index in [2.05, 4.69) is 10.6 Å². The third-order valence-electron chi connectivity index (χ3n) is 5.62. The summed E-state index contributed by atoms with van der Waals surface area (Å²) >= 11 is 0. The lowest BCUT2D eigenvalue weighted by molar-refractivity contribution is -0.130. The van der Waals surface area contributed by atoms with E-state index in [0.29, 0.717) is 34.7 Å². The highest BCUT2D eigenvalue weighted by Crippen LogP contribution is 2.35. The first kappa shape index (κ1) is 24.8. The predicted molar refractivity (Wildman–Crippen MR) is 126 cm³/mol. The Labute approximate surface area is 198 Å². The number of ether oxygens (including phenoxy) is 2. The van der Waals surface area contributed by atoms with Crippen molar-refractivity contribution >= 4 is 29.3 Å². The van der Waals surface area contributed by atoms with Crippen LogP contribution in [0, 0.1) is 5.92 Å². The molecule has 9 nitrogen and oxygen atoms in total. The summed E-state index contributed by atoms with van der Waals surface area (Å²) in [6, 6.07) is 10.6. The normalized spacial score (nSPS) is 17.5. The Morgan fingerprint density at radius 1 is 1.03 bits per heavy atom. The Hall–Kier alpha value is -3.88. The number of amides is 4. The zero-order valence-corrected chi connectivity index (χ0v) is 19.9. The van der Waals surface area contributed by atoms with Gasteiger partial charge in [0, 0.05) is 17.7 Å². The fourth-order valence-electron chi connectivity index (χ4n) is 3.74. The Bertz CT molecular complexity index is 1110. The number of ketones is 1. The summed E-state index contributed by atoms with van der Waals surface area (Å²) in [6.45, 7) is 5.07. The van der Waals surface area contributed by atoms with Crippen LogP contribution in [0.1, 0.15) is 43.1 Å².